The molecule has 8 heteroatoms. The van der Waals surface area contributed by atoms with Gasteiger partial charge in [0.15, 0.2) is 12.2 Å². The maximum atomic E-state index is 9.79. The van der Waals surface area contributed by atoms with Crippen molar-refractivity contribution < 1.29 is 29.2 Å². The Morgan fingerprint density at radius 2 is 1.31 bits per heavy atom. The normalized spacial score (nSPS) is 32.4. The van der Waals surface area contributed by atoms with E-state index in [1.54, 1.807) is 0 Å². The maximum Gasteiger partial charge on any atom is 0.352 e. The molecule has 16 heavy (non-hydrogen) atoms. The molecule has 0 bridgehead atoms. The van der Waals surface area contributed by atoms with E-state index in [0.717, 1.165) is 0 Å². The lowest BCUT2D eigenvalue weighted by atomic mass is 10.0. The van der Waals surface area contributed by atoms with E-state index in [2.05, 4.69) is 24.4 Å². The van der Waals surface area contributed by atoms with Gasteiger partial charge in [0.1, 0.15) is 25.4 Å². The minimum atomic E-state index is -1.17. The fourth-order valence-electron chi connectivity index (χ4n) is 1.46. The number of rotatable bonds is 3. The van der Waals surface area contributed by atoms with Crippen LogP contribution in [-0.4, -0.2) is 58.3 Å². The van der Waals surface area contributed by atoms with Gasteiger partial charge in [-0.15, -0.1) is 0 Å². The molecular formula is C8H10O6S2. The number of hydrogen-bond donors (Lipinski definition) is 2. The van der Waals surface area contributed by atoms with E-state index in [4.69, 9.17) is 18.9 Å². The first-order chi connectivity index (χ1) is 7.58. The SMILES string of the molecule is O[C@H]([C@H](O)[C@@H]1COC(=S)O1)[C@H]1COC(=S)O1. The second-order valence-electron chi connectivity index (χ2n) is 3.42. The van der Waals surface area contributed by atoms with E-state index in [1.165, 1.54) is 0 Å². The minimum Gasteiger partial charge on any atom is -0.453 e. The van der Waals surface area contributed by atoms with Crippen LogP contribution in [0.5, 0.6) is 0 Å². The lowest BCUT2D eigenvalue weighted by molar-refractivity contribution is -0.0843. The molecule has 2 heterocycles. The highest BCUT2D eigenvalue weighted by atomic mass is 32.1. The molecule has 0 radical (unpaired) electrons. The summed E-state index contributed by atoms with van der Waals surface area (Å²) in [7, 11) is 0. The fourth-order valence-corrected chi connectivity index (χ4v) is 1.84. The van der Waals surface area contributed by atoms with E-state index in [1.807, 2.05) is 0 Å². The lowest BCUT2D eigenvalue weighted by Crippen LogP contribution is -2.46. The predicted molar refractivity (Wildman–Crippen MR) is 58.9 cm³/mol. The number of thiocarbonyl (C=S) groups is 2. The smallest absolute Gasteiger partial charge is 0.352 e. The van der Waals surface area contributed by atoms with E-state index in [-0.39, 0.29) is 23.7 Å². The standard InChI is InChI=1S/C8H10O6S2/c9-5(3-1-11-7(15)13-3)6(10)4-2-12-8(16)14-4/h3-6,9-10H,1-2H2/t3-,4+,5+,6-. The first-order valence-corrected chi connectivity index (χ1v) is 5.42. The molecule has 0 aromatic rings. The van der Waals surface area contributed by atoms with Crippen LogP contribution in [0.3, 0.4) is 0 Å². The Bertz CT molecular complexity index is 279. The Kier molecular flexibility index (Phi) is 3.43. The summed E-state index contributed by atoms with van der Waals surface area (Å²) in [5, 5.41) is 19.5. The van der Waals surface area contributed by atoms with Crippen LogP contribution in [0.2, 0.25) is 0 Å². The summed E-state index contributed by atoms with van der Waals surface area (Å²) < 4.78 is 19.7. The van der Waals surface area contributed by atoms with E-state index in [9.17, 15) is 10.2 Å². The van der Waals surface area contributed by atoms with Crippen LogP contribution in [0.25, 0.3) is 0 Å². The van der Waals surface area contributed by atoms with Crippen molar-refractivity contribution in [2.75, 3.05) is 13.2 Å². The number of hydrogen-bond acceptors (Lipinski definition) is 8. The number of aliphatic hydroxyl groups is 2. The van der Waals surface area contributed by atoms with Gasteiger partial charge in [0.2, 0.25) is 0 Å². The third-order valence-corrected chi connectivity index (χ3v) is 2.77. The van der Waals surface area contributed by atoms with Crippen molar-refractivity contribution >= 4 is 34.9 Å². The molecule has 0 aromatic carbocycles. The molecule has 0 amide bonds. The van der Waals surface area contributed by atoms with Gasteiger partial charge in [-0.1, -0.05) is 0 Å². The molecule has 90 valence electrons. The van der Waals surface area contributed by atoms with Crippen molar-refractivity contribution in [1.29, 1.82) is 0 Å². The molecule has 2 saturated heterocycles. The Morgan fingerprint density at radius 3 is 1.56 bits per heavy atom. The van der Waals surface area contributed by atoms with Crippen LogP contribution in [0, 0.1) is 0 Å². The average molecular weight is 266 g/mol. The molecule has 2 N–H and O–H groups in total. The molecule has 6 nitrogen and oxygen atoms in total. The van der Waals surface area contributed by atoms with Crippen LogP contribution in [0.1, 0.15) is 0 Å². The zero-order valence-corrected chi connectivity index (χ0v) is 9.70. The summed E-state index contributed by atoms with van der Waals surface area (Å²) in [6.45, 7) is 0.212. The quantitative estimate of drug-likeness (QED) is 0.637. The van der Waals surface area contributed by atoms with Crippen molar-refractivity contribution in [3.63, 3.8) is 0 Å². The average Bonchev–Trinajstić information content (AvgIpc) is 2.85. The Balaban J connectivity index is 1.91. The Morgan fingerprint density at radius 1 is 0.938 bits per heavy atom. The van der Waals surface area contributed by atoms with Crippen LogP contribution >= 0.6 is 24.4 Å². The highest BCUT2D eigenvalue weighted by Gasteiger charge is 2.41. The zero-order valence-electron chi connectivity index (χ0n) is 8.07. The monoisotopic (exact) mass is 266 g/mol. The molecule has 0 aromatic heterocycles. The molecule has 0 spiro atoms. The van der Waals surface area contributed by atoms with Crippen molar-refractivity contribution in [3.05, 3.63) is 0 Å². The molecule has 0 saturated carbocycles. The summed E-state index contributed by atoms with van der Waals surface area (Å²) in [4.78, 5) is 0. The third-order valence-electron chi connectivity index (χ3n) is 2.34. The third kappa shape index (κ3) is 2.34. The fraction of sp³-hybridized carbons (Fsp3) is 0.750. The molecule has 2 aliphatic rings. The molecule has 2 aliphatic heterocycles. The summed E-state index contributed by atoms with van der Waals surface area (Å²) in [5.41, 5.74) is 0. The van der Waals surface area contributed by atoms with Gasteiger partial charge in [0, 0.05) is 24.4 Å². The Hall–Kier alpha value is -0.700. The van der Waals surface area contributed by atoms with Gasteiger partial charge in [-0.2, -0.15) is 0 Å². The topological polar surface area (TPSA) is 77.4 Å². The van der Waals surface area contributed by atoms with Gasteiger partial charge >= 0.3 is 10.5 Å². The van der Waals surface area contributed by atoms with Gasteiger partial charge in [-0.25, -0.2) is 0 Å². The van der Waals surface area contributed by atoms with Crippen LogP contribution in [-0.2, 0) is 18.9 Å². The lowest BCUT2D eigenvalue weighted by Gasteiger charge is -2.23. The minimum absolute atomic E-state index is 0.0321. The second-order valence-corrected chi connectivity index (χ2v) is 4.08. The maximum absolute atomic E-state index is 9.79. The Labute approximate surface area is 102 Å². The number of ether oxygens (including phenoxy) is 4. The van der Waals surface area contributed by atoms with Crippen LogP contribution in [0.4, 0.5) is 0 Å². The zero-order chi connectivity index (χ0) is 11.7. The molecule has 0 unspecified atom stereocenters. The summed E-state index contributed by atoms with van der Waals surface area (Å²) in [6, 6.07) is 0. The van der Waals surface area contributed by atoms with Crippen molar-refractivity contribution in [3.8, 4) is 0 Å². The van der Waals surface area contributed by atoms with E-state index >= 15 is 0 Å². The van der Waals surface area contributed by atoms with Crippen molar-refractivity contribution in [1.82, 2.24) is 0 Å². The van der Waals surface area contributed by atoms with Crippen molar-refractivity contribution in [2.24, 2.45) is 0 Å². The predicted octanol–water partition coefficient (Wildman–Crippen LogP) is -0.891. The van der Waals surface area contributed by atoms with E-state index < -0.39 is 24.4 Å². The van der Waals surface area contributed by atoms with Crippen LogP contribution in [0.15, 0.2) is 0 Å². The second kappa shape index (κ2) is 4.66. The largest absolute Gasteiger partial charge is 0.453 e. The van der Waals surface area contributed by atoms with E-state index in [0.29, 0.717) is 0 Å². The summed E-state index contributed by atoms with van der Waals surface area (Å²) in [5.74, 6) is 0. The molecular weight excluding hydrogens is 256 g/mol. The van der Waals surface area contributed by atoms with Gasteiger partial charge in [-0.05, 0) is 0 Å². The molecule has 0 aliphatic carbocycles. The highest BCUT2D eigenvalue weighted by molar-refractivity contribution is 7.79. The first kappa shape index (κ1) is 11.8. The van der Waals surface area contributed by atoms with Gasteiger partial charge in [0.05, 0.1) is 0 Å². The first-order valence-electron chi connectivity index (χ1n) is 4.61. The molecule has 2 rings (SSSR count). The number of aliphatic hydroxyl groups excluding tert-OH is 2. The van der Waals surface area contributed by atoms with Gasteiger partial charge in [0.25, 0.3) is 0 Å². The summed E-state index contributed by atoms with van der Waals surface area (Å²) in [6.07, 6.45) is -3.73. The van der Waals surface area contributed by atoms with Crippen molar-refractivity contribution in [2.45, 2.75) is 24.4 Å². The van der Waals surface area contributed by atoms with Gasteiger partial charge in [-0.3, -0.25) is 0 Å². The van der Waals surface area contributed by atoms with Crippen LogP contribution < -0.4 is 0 Å². The molecule has 2 fully saturated rings. The van der Waals surface area contributed by atoms with Gasteiger partial charge < -0.3 is 29.2 Å². The highest BCUT2D eigenvalue weighted by Crippen LogP contribution is 2.19. The summed E-state index contributed by atoms with van der Waals surface area (Å²) >= 11 is 9.28. The molecule has 4 atom stereocenters.